The van der Waals surface area contributed by atoms with Crippen LogP contribution in [0.1, 0.15) is 29.7 Å². The Morgan fingerprint density at radius 1 is 1.20 bits per heavy atom. The number of aryl methyl sites for hydroxylation is 2. The Balaban J connectivity index is 1.93. The molecule has 5 nitrogen and oxygen atoms in total. The largest absolute Gasteiger partial charge is 0.355 e. The highest BCUT2D eigenvalue weighted by Crippen LogP contribution is 2.28. The summed E-state index contributed by atoms with van der Waals surface area (Å²) in [6, 6.07) is 2.17. The lowest BCUT2D eigenvalue weighted by Crippen LogP contribution is -2.29. The smallest absolute Gasteiger partial charge is 0.152 e. The molecular formula is C14H21N3O2S. The molecule has 0 radical (unpaired) electrons. The van der Waals surface area contributed by atoms with Crippen LogP contribution in [0.4, 0.5) is 5.82 Å². The van der Waals surface area contributed by atoms with Crippen molar-refractivity contribution < 1.29 is 8.42 Å². The second-order valence-electron chi connectivity index (χ2n) is 5.63. The number of hydrogen-bond acceptors (Lipinski definition) is 5. The van der Waals surface area contributed by atoms with E-state index in [0.717, 1.165) is 37.2 Å². The van der Waals surface area contributed by atoms with Gasteiger partial charge in [0, 0.05) is 30.9 Å². The third-order valence-electron chi connectivity index (χ3n) is 4.18. The van der Waals surface area contributed by atoms with E-state index >= 15 is 0 Å². The highest BCUT2D eigenvalue weighted by Gasteiger charge is 2.23. The van der Waals surface area contributed by atoms with Gasteiger partial charge in [0.25, 0.3) is 0 Å². The first-order chi connectivity index (χ1) is 9.59. The molecule has 20 heavy (non-hydrogen) atoms. The van der Waals surface area contributed by atoms with Gasteiger partial charge in [0.15, 0.2) is 9.84 Å². The molecule has 1 aromatic rings. The molecule has 0 spiro atoms. The summed E-state index contributed by atoms with van der Waals surface area (Å²) in [6.07, 6.45) is 3.94. The van der Waals surface area contributed by atoms with E-state index in [0.29, 0.717) is 19.5 Å². The Hall–Kier alpha value is -1.14. The molecule has 0 bridgehead atoms. The number of anilines is 1. The first kappa shape index (κ1) is 13.8. The maximum absolute atomic E-state index is 11.7. The van der Waals surface area contributed by atoms with Gasteiger partial charge in [0.2, 0.25) is 0 Å². The Morgan fingerprint density at radius 3 is 2.85 bits per heavy atom. The van der Waals surface area contributed by atoms with E-state index in [4.69, 9.17) is 10.7 Å². The van der Waals surface area contributed by atoms with Crippen molar-refractivity contribution in [3.05, 3.63) is 22.9 Å². The summed E-state index contributed by atoms with van der Waals surface area (Å²) < 4.78 is 23.4. The van der Waals surface area contributed by atoms with Crippen LogP contribution in [0.15, 0.2) is 6.07 Å². The van der Waals surface area contributed by atoms with Gasteiger partial charge in [-0.3, -0.25) is 0 Å². The average molecular weight is 295 g/mol. The van der Waals surface area contributed by atoms with Gasteiger partial charge in [-0.1, -0.05) is 0 Å². The molecule has 6 heteroatoms. The normalized spacial score (nSPS) is 21.6. The molecule has 1 aliphatic carbocycles. The molecule has 1 fully saturated rings. The third kappa shape index (κ3) is 2.67. The quantitative estimate of drug-likeness (QED) is 0.867. The first-order valence-electron chi connectivity index (χ1n) is 7.26. The van der Waals surface area contributed by atoms with Crippen LogP contribution in [0.3, 0.4) is 0 Å². The standard InChI is InChI=1S/C14H21N3O2S/c15-10-12-9-11-3-1-4-13(11)16-14(12)17-5-2-7-20(18,19)8-6-17/h9H,1-8,10,15H2. The molecule has 0 amide bonds. The summed E-state index contributed by atoms with van der Waals surface area (Å²) in [7, 11) is -2.89. The fraction of sp³-hybridized carbons (Fsp3) is 0.643. The highest BCUT2D eigenvalue weighted by molar-refractivity contribution is 7.91. The first-order valence-corrected chi connectivity index (χ1v) is 9.08. The van der Waals surface area contributed by atoms with Crippen LogP contribution < -0.4 is 10.6 Å². The van der Waals surface area contributed by atoms with Crippen LogP contribution in [-0.4, -0.2) is 38.0 Å². The zero-order valence-corrected chi connectivity index (χ0v) is 12.5. The molecule has 2 heterocycles. The molecule has 1 aromatic heterocycles. The molecule has 2 aliphatic rings. The van der Waals surface area contributed by atoms with E-state index in [1.165, 1.54) is 11.3 Å². The van der Waals surface area contributed by atoms with Crippen molar-refractivity contribution in [2.75, 3.05) is 29.5 Å². The highest BCUT2D eigenvalue weighted by atomic mass is 32.2. The van der Waals surface area contributed by atoms with E-state index < -0.39 is 9.84 Å². The van der Waals surface area contributed by atoms with Crippen LogP contribution >= 0.6 is 0 Å². The monoisotopic (exact) mass is 295 g/mol. The zero-order chi connectivity index (χ0) is 14.2. The van der Waals surface area contributed by atoms with Crippen molar-refractivity contribution in [3.63, 3.8) is 0 Å². The van der Waals surface area contributed by atoms with E-state index in [9.17, 15) is 8.42 Å². The molecule has 0 aromatic carbocycles. The van der Waals surface area contributed by atoms with Crippen LogP contribution in [0.2, 0.25) is 0 Å². The summed E-state index contributed by atoms with van der Waals surface area (Å²) >= 11 is 0. The van der Waals surface area contributed by atoms with E-state index in [-0.39, 0.29) is 11.5 Å². The lowest BCUT2D eigenvalue weighted by atomic mass is 10.1. The van der Waals surface area contributed by atoms with E-state index in [2.05, 4.69) is 11.0 Å². The molecule has 0 unspecified atom stereocenters. The van der Waals surface area contributed by atoms with Gasteiger partial charge >= 0.3 is 0 Å². The maximum Gasteiger partial charge on any atom is 0.152 e. The van der Waals surface area contributed by atoms with Crippen molar-refractivity contribution in [1.29, 1.82) is 0 Å². The van der Waals surface area contributed by atoms with Crippen molar-refractivity contribution in [3.8, 4) is 0 Å². The van der Waals surface area contributed by atoms with Crippen LogP contribution in [-0.2, 0) is 29.2 Å². The Kier molecular flexibility index (Phi) is 3.69. The predicted octanol–water partition coefficient (Wildman–Crippen LogP) is 0.654. The molecule has 1 saturated heterocycles. The molecule has 1 aliphatic heterocycles. The molecule has 0 atom stereocenters. The summed E-state index contributed by atoms with van der Waals surface area (Å²) in [4.78, 5) is 6.89. The van der Waals surface area contributed by atoms with Crippen LogP contribution in [0.5, 0.6) is 0 Å². The summed E-state index contributed by atoms with van der Waals surface area (Å²) in [5, 5.41) is 0. The third-order valence-corrected chi connectivity index (χ3v) is 5.90. The van der Waals surface area contributed by atoms with Gasteiger partial charge in [-0.2, -0.15) is 0 Å². The Labute approximate surface area is 120 Å². The minimum Gasteiger partial charge on any atom is -0.355 e. The lowest BCUT2D eigenvalue weighted by Gasteiger charge is -2.24. The van der Waals surface area contributed by atoms with Crippen LogP contribution in [0.25, 0.3) is 0 Å². The molecule has 3 rings (SSSR count). The number of fused-ring (bicyclic) bond motifs is 1. The Morgan fingerprint density at radius 2 is 2.05 bits per heavy atom. The van der Waals surface area contributed by atoms with Gasteiger partial charge in [-0.15, -0.1) is 0 Å². The second kappa shape index (κ2) is 5.33. The molecular weight excluding hydrogens is 274 g/mol. The van der Waals surface area contributed by atoms with E-state index in [1.54, 1.807) is 0 Å². The SMILES string of the molecule is NCc1cc2c(nc1N1CCCS(=O)(=O)CC1)CCC2. The summed E-state index contributed by atoms with van der Waals surface area (Å²) in [5.41, 5.74) is 9.39. The molecule has 2 N–H and O–H groups in total. The van der Waals surface area contributed by atoms with Crippen molar-refractivity contribution in [2.45, 2.75) is 32.2 Å². The van der Waals surface area contributed by atoms with E-state index in [1.807, 2.05) is 0 Å². The minimum atomic E-state index is -2.89. The minimum absolute atomic E-state index is 0.218. The second-order valence-corrected chi connectivity index (χ2v) is 7.93. The van der Waals surface area contributed by atoms with Crippen LogP contribution in [0, 0.1) is 0 Å². The number of rotatable bonds is 2. The fourth-order valence-electron chi connectivity index (χ4n) is 3.08. The van der Waals surface area contributed by atoms with Gasteiger partial charge in [-0.25, -0.2) is 13.4 Å². The average Bonchev–Trinajstić information content (AvgIpc) is 2.80. The predicted molar refractivity (Wildman–Crippen MR) is 79.6 cm³/mol. The maximum atomic E-state index is 11.7. The lowest BCUT2D eigenvalue weighted by molar-refractivity contribution is 0.597. The Bertz CT molecular complexity index is 613. The van der Waals surface area contributed by atoms with Crippen molar-refractivity contribution in [1.82, 2.24) is 4.98 Å². The van der Waals surface area contributed by atoms with Gasteiger partial charge < -0.3 is 10.6 Å². The summed E-state index contributed by atoms with van der Waals surface area (Å²) in [5.74, 6) is 1.41. The van der Waals surface area contributed by atoms with Gasteiger partial charge in [0.05, 0.1) is 11.5 Å². The molecule has 110 valence electrons. The van der Waals surface area contributed by atoms with Crippen molar-refractivity contribution >= 4 is 15.7 Å². The topological polar surface area (TPSA) is 76.3 Å². The number of pyridine rings is 1. The molecule has 0 saturated carbocycles. The number of hydrogen-bond donors (Lipinski definition) is 1. The van der Waals surface area contributed by atoms with Crippen molar-refractivity contribution in [2.24, 2.45) is 5.73 Å². The number of aromatic nitrogens is 1. The van der Waals surface area contributed by atoms with Gasteiger partial charge in [-0.05, 0) is 37.3 Å². The number of nitrogens with two attached hydrogens (primary N) is 1. The summed E-state index contributed by atoms with van der Waals surface area (Å²) in [6.45, 7) is 1.73. The fourth-order valence-corrected chi connectivity index (χ4v) is 4.35. The zero-order valence-electron chi connectivity index (χ0n) is 11.6. The van der Waals surface area contributed by atoms with Gasteiger partial charge in [0.1, 0.15) is 5.82 Å². The number of nitrogens with zero attached hydrogens (tertiary/aromatic N) is 2. The number of sulfone groups is 1.